The van der Waals surface area contributed by atoms with Crippen LogP contribution in [0.5, 0.6) is 0 Å². The van der Waals surface area contributed by atoms with Gasteiger partial charge >= 0.3 is 0 Å². The molecule has 1 rings (SSSR count). The van der Waals surface area contributed by atoms with E-state index in [1.54, 1.807) is 0 Å². The summed E-state index contributed by atoms with van der Waals surface area (Å²) in [6, 6.07) is 0. The van der Waals surface area contributed by atoms with Crippen molar-refractivity contribution in [1.82, 2.24) is 5.32 Å². The van der Waals surface area contributed by atoms with Crippen LogP contribution in [0.3, 0.4) is 0 Å². The molecule has 0 aliphatic heterocycles. The zero-order valence-corrected chi connectivity index (χ0v) is 13.0. The molecule has 21 heavy (non-hydrogen) atoms. The first kappa shape index (κ1) is 16.6. The van der Waals surface area contributed by atoms with Crippen molar-refractivity contribution in [2.24, 2.45) is 0 Å². The van der Waals surface area contributed by atoms with Crippen molar-refractivity contribution in [3.63, 3.8) is 0 Å². The van der Waals surface area contributed by atoms with Crippen LogP contribution in [0.1, 0.15) is 26.7 Å². The Morgan fingerprint density at radius 3 is 2.48 bits per heavy atom. The quantitative estimate of drug-likeness (QED) is 0.534. The second-order valence-electron chi connectivity index (χ2n) is 4.80. The van der Waals surface area contributed by atoms with Crippen LogP contribution < -0.4 is 5.32 Å². The molecule has 0 saturated heterocycles. The van der Waals surface area contributed by atoms with Crippen molar-refractivity contribution >= 4 is 0 Å². The number of allylic oxidation sites excluding steroid dienone is 9. The molecule has 108 valence electrons. The molecule has 0 radical (unpaired) electrons. The van der Waals surface area contributed by atoms with Gasteiger partial charge in [-0.05, 0) is 49.5 Å². The molecular formula is C20H23N. The molecule has 1 nitrogen and oxygen atoms in total. The summed E-state index contributed by atoms with van der Waals surface area (Å²) < 4.78 is 0. The van der Waals surface area contributed by atoms with E-state index >= 15 is 0 Å². The van der Waals surface area contributed by atoms with Gasteiger partial charge in [-0.2, -0.15) is 0 Å². The normalized spacial score (nSPS) is 16.4. The average Bonchev–Trinajstić information content (AvgIpc) is 2.54. The zero-order chi connectivity index (χ0) is 15.8. The SMILES string of the molecule is C#CC1=C(NC(=C(/C)C=C)/C(C=C)=C/C)CCC(C=C)=C1. The molecule has 0 saturated carbocycles. The fourth-order valence-corrected chi connectivity index (χ4v) is 2.18. The largest absolute Gasteiger partial charge is 0.357 e. The van der Waals surface area contributed by atoms with Gasteiger partial charge in [0.1, 0.15) is 0 Å². The van der Waals surface area contributed by atoms with Gasteiger partial charge < -0.3 is 5.32 Å². The minimum absolute atomic E-state index is 0.874. The van der Waals surface area contributed by atoms with Gasteiger partial charge in [0.2, 0.25) is 0 Å². The topological polar surface area (TPSA) is 12.0 Å². The van der Waals surface area contributed by atoms with Crippen LogP contribution >= 0.6 is 0 Å². The third-order valence-corrected chi connectivity index (χ3v) is 3.53. The third kappa shape index (κ3) is 4.00. The van der Waals surface area contributed by atoms with Gasteiger partial charge in [-0.25, -0.2) is 0 Å². The van der Waals surface area contributed by atoms with Crippen molar-refractivity contribution in [3.8, 4) is 12.3 Å². The van der Waals surface area contributed by atoms with E-state index in [1.165, 1.54) is 5.57 Å². The maximum atomic E-state index is 5.64. The number of hydrogen-bond acceptors (Lipinski definition) is 1. The maximum Gasteiger partial charge on any atom is 0.0481 e. The molecular weight excluding hydrogens is 254 g/mol. The van der Waals surface area contributed by atoms with E-state index < -0.39 is 0 Å². The van der Waals surface area contributed by atoms with Crippen molar-refractivity contribution in [2.75, 3.05) is 0 Å². The minimum Gasteiger partial charge on any atom is -0.357 e. The average molecular weight is 277 g/mol. The molecule has 0 spiro atoms. The Kier molecular flexibility index (Phi) is 6.30. The fraction of sp³-hybridized carbons (Fsp3) is 0.200. The molecule has 1 N–H and O–H groups in total. The lowest BCUT2D eigenvalue weighted by atomic mass is 9.95. The van der Waals surface area contributed by atoms with Crippen LogP contribution in [0.15, 0.2) is 83.8 Å². The van der Waals surface area contributed by atoms with E-state index in [0.29, 0.717) is 0 Å². The summed E-state index contributed by atoms with van der Waals surface area (Å²) in [5.41, 5.74) is 6.21. The molecule has 1 heteroatoms. The number of terminal acetylenes is 1. The molecule has 0 aromatic rings. The Hall–Kier alpha value is -2.46. The van der Waals surface area contributed by atoms with Crippen molar-refractivity contribution < 1.29 is 0 Å². The monoisotopic (exact) mass is 277 g/mol. The highest BCUT2D eigenvalue weighted by molar-refractivity contribution is 5.51. The van der Waals surface area contributed by atoms with Crippen LogP contribution in [-0.4, -0.2) is 0 Å². The Bertz CT molecular complexity index is 613. The summed E-state index contributed by atoms with van der Waals surface area (Å²) in [6.07, 6.45) is 17.0. The summed E-state index contributed by atoms with van der Waals surface area (Å²) >= 11 is 0. The summed E-state index contributed by atoms with van der Waals surface area (Å²) in [5, 5.41) is 3.48. The highest BCUT2D eigenvalue weighted by Crippen LogP contribution is 2.25. The van der Waals surface area contributed by atoms with Crippen LogP contribution in [0.4, 0.5) is 0 Å². The lowest BCUT2D eigenvalue weighted by Gasteiger charge is -2.21. The Morgan fingerprint density at radius 1 is 1.29 bits per heavy atom. The van der Waals surface area contributed by atoms with Gasteiger partial charge in [-0.15, -0.1) is 6.42 Å². The van der Waals surface area contributed by atoms with E-state index in [9.17, 15) is 0 Å². The van der Waals surface area contributed by atoms with Crippen molar-refractivity contribution in [3.05, 3.63) is 83.8 Å². The molecule has 0 unspecified atom stereocenters. The standard InChI is InChI=1S/C20H23N/c1-7-15(6)20(17(9-3)10-4)21-19-13-12-16(8-2)14-18(19)11-5/h5,7-10,14,21H,1-3,12-13H2,4,6H3/b17-10+,20-15-. The molecule has 0 aromatic carbocycles. The molecule has 0 heterocycles. The van der Waals surface area contributed by atoms with Crippen molar-refractivity contribution in [1.29, 1.82) is 0 Å². The third-order valence-electron chi connectivity index (χ3n) is 3.53. The molecule has 0 bridgehead atoms. The van der Waals surface area contributed by atoms with Gasteiger partial charge in [-0.1, -0.05) is 50.0 Å². The summed E-state index contributed by atoms with van der Waals surface area (Å²) in [5.74, 6) is 2.75. The van der Waals surface area contributed by atoms with Crippen LogP contribution in [-0.2, 0) is 0 Å². The molecule has 0 atom stereocenters. The minimum atomic E-state index is 0.874. The van der Waals surface area contributed by atoms with Gasteiger partial charge in [-0.3, -0.25) is 0 Å². The number of rotatable bonds is 6. The number of nitrogens with one attached hydrogen (secondary N) is 1. The van der Waals surface area contributed by atoms with E-state index in [2.05, 4.69) is 31.0 Å². The predicted molar refractivity (Wildman–Crippen MR) is 93.4 cm³/mol. The first-order chi connectivity index (χ1) is 10.1. The molecule has 1 aliphatic rings. The Morgan fingerprint density at radius 2 is 2.00 bits per heavy atom. The van der Waals surface area contributed by atoms with Crippen LogP contribution in [0.2, 0.25) is 0 Å². The van der Waals surface area contributed by atoms with E-state index in [1.807, 2.05) is 44.2 Å². The molecule has 0 amide bonds. The van der Waals surface area contributed by atoms with Gasteiger partial charge in [0.15, 0.2) is 0 Å². The lowest BCUT2D eigenvalue weighted by Crippen LogP contribution is -2.19. The van der Waals surface area contributed by atoms with E-state index in [-0.39, 0.29) is 0 Å². The highest BCUT2D eigenvalue weighted by Gasteiger charge is 2.14. The van der Waals surface area contributed by atoms with Crippen LogP contribution in [0.25, 0.3) is 0 Å². The smallest absolute Gasteiger partial charge is 0.0481 e. The lowest BCUT2D eigenvalue weighted by molar-refractivity contribution is 0.815. The second kappa shape index (κ2) is 7.97. The number of hydrogen-bond donors (Lipinski definition) is 1. The zero-order valence-electron chi connectivity index (χ0n) is 13.0. The second-order valence-corrected chi connectivity index (χ2v) is 4.80. The first-order valence-electron chi connectivity index (χ1n) is 7.03. The fourth-order valence-electron chi connectivity index (χ4n) is 2.18. The Labute approximate surface area is 128 Å². The molecule has 0 fully saturated rings. The van der Waals surface area contributed by atoms with Crippen LogP contribution in [0, 0.1) is 12.3 Å². The maximum absolute atomic E-state index is 5.64. The van der Waals surface area contributed by atoms with Gasteiger partial charge in [0.25, 0.3) is 0 Å². The Balaban J connectivity index is 3.28. The van der Waals surface area contributed by atoms with Gasteiger partial charge in [0, 0.05) is 17.0 Å². The summed E-state index contributed by atoms with van der Waals surface area (Å²) in [6.45, 7) is 15.5. The predicted octanol–water partition coefficient (Wildman–Crippen LogP) is 4.96. The highest BCUT2D eigenvalue weighted by atomic mass is 14.9. The van der Waals surface area contributed by atoms with E-state index in [0.717, 1.165) is 41.0 Å². The first-order valence-corrected chi connectivity index (χ1v) is 7.03. The van der Waals surface area contributed by atoms with E-state index in [4.69, 9.17) is 6.42 Å². The summed E-state index contributed by atoms with van der Waals surface area (Å²) in [4.78, 5) is 0. The molecule has 1 aliphatic carbocycles. The molecule has 0 aromatic heterocycles. The van der Waals surface area contributed by atoms with Gasteiger partial charge in [0.05, 0.1) is 0 Å². The van der Waals surface area contributed by atoms with Crippen molar-refractivity contribution in [2.45, 2.75) is 26.7 Å². The summed E-state index contributed by atoms with van der Waals surface area (Å²) in [7, 11) is 0.